The van der Waals surface area contributed by atoms with Gasteiger partial charge in [0.25, 0.3) is 0 Å². The van der Waals surface area contributed by atoms with Crippen LogP contribution in [0.5, 0.6) is 0 Å². The summed E-state index contributed by atoms with van der Waals surface area (Å²) in [4.78, 5) is 14.7. The zero-order valence-corrected chi connectivity index (χ0v) is 13.3. The van der Waals surface area contributed by atoms with Gasteiger partial charge in [0.15, 0.2) is 11.6 Å². The largest absolute Gasteiger partial charge is 0.357 e. The van der Waals surface area contributed by atoms with Gasteiger partial charge in [0.05, 0.1) is 18.1 Å². The van der Waals surface area contributed by atoms with Crippen LogP contribution in [-0.4, -0.2) is 36.3 Å². The molecule has 7 nitrogen and oxygen atoms in total. The van der Waals surface area contributed by atoms with E-state index in [2.05, 4.69) is 41.5 Å². The molecule has 5 rings (SSSR count). The van der Waals surface area contributed by atoms with Crippen molar-refractivity contribution >= 4 is 16.9 Å². The lowest BCUT2D eigenvalue weighted by Gasteiger charge is -2.33. The van der Waals surface area contributed by atoms with Crippen molar-refractivity contribution in [2.75, 3.05) is 11.4 Å². The third kappa shape index (κ3) is 1.95. The van der Waals surface area contributed by atoms with Crippen molar-refractivity contribution in [3.05, 3.63) is 29.7 Å². The van der Waals surface area contributed by atoms with Gasteiger partial charge < -0.3 is 14.5 Å². The van der Waals surface area contributed by atoms with Crippen molar-refractivity contribution in [2.45, 2.75) is 45.2 Å². The predicted molar refractivity (Wildman–Crippen MR) is 86.4 cm³/mol. The SMILES string of the molecule is Cc1nc(N2Cc3nnc(C4CC4)n3[C@@H](C)C2)c2[nH]ccc2n1. The Morgan fingerprint density at radius 2 is 2.09 bits per heavy atom. The van der Waals surface area contributed by atoms with E-state index in [-0.39, 0.29) is 0 Å². The molecule has 0 spiro atoms. The summed E-state index contributed by atoms with van der Waals surface area (Å²) in [6.07, 6.45) is 4.43. The highest BCUT2D eigenvalue weighted by Gasteiger charge is 2.35. The van der Waals surface area contributed by atoms with Crippen molar-refractivity contribution < 1.29 is 0 Å². The van der Waals surface area contributed by atoms with E-state index in [0.29, 0.717) is 12.0 Å². The summed E-state index contributed by atoms with van der Waals surface area (Å²) in [6.45, 7) is 5.84. The Balaban J connectivity index is 1.58. The second kappa shape index (κ2) is 4.53. The van der Waals surface area contributed by atoms with Crippen molar-refractivity contribution in [3.8, 4) is 0 Å². The van der Waals surface area contributed by atoms with E-state index in [0.717, 1.165) is 41.6 Å². The van der Waals surface area contributed by atoms with Gasteiger partial charge in [-0.2, -0.15) is 0 Å². The van der Waals surface area contributed by atoms with Gasteiger partial charge in [0, 0.05) is 18.7 Å². The van der Waals surface area contributed by atoms with Gasteiger partial charge in [0.2, 0.25) is 0 Å². The van der Waals surface area contributed by atoms with Gasteiger partial charge in [-0.3, -0.25) is 0 Å². The average Bonchev–Trinajstić information content (AvgIpc) is 3.10. The molecule has 3 aromatic heterocycles. The highest BCUT2D eigenvalue weighted by Crippen LogP contribution is 2.41. The van der Waals surface area contributed by atoms with E-state index >= 15 is 0 Å². The Bertz CT molecular complexity index is 889. The molecular weight excluding hydrogens is 290 g/mol. The minimum absolute atomic E-state index is 0.352. The van der Waals surface area contributed by atoms with Gasteiger partial charge in [0.1, 0.15) is 17.2 Å². The fourth-order valence-electron chi connectivity index (χ4n) is 3.61. The van der Waals surface area contributed by atoms with E-state index in [1.165, 1.54) is 18.7 Å². The summed E-state index contributed by atoms with van der Waals surface area (Å²) in [5.41, 5.74) is 1.96. The van der Waals surface area contributed by atoms with Gasteiger partial charge in [-0.15, -0.1) is 10.2 Å². The number of fused-ring (bicyclic) bond motifs is 2. The number of aromatic nitrogens is 6. The van der Waals surface area contributed by atoms with Crippen molar-refractivity contribution in [1.29, 1.82) is 0 Å². The van der Waals surface area contributed by atoms with Crippen LogP contribution < -0.4 is 4.90 Å². The van der Waals surface area contributed by atoms with Crippen LogP contribution in [0.15, 0.2) is 12.3 Å². The number of rotatable bonds is 2. The highest BCUT2D eigenvalue weighted by molar-refractivity contribution is 5.86. The maximum absolute atomic E-state index is 4.68. The summed E-state index contributed by atoms with van der Waals surface area (Å²) in [6, 6.07) is 2.35. The molecule has 1 aliphatic carbocycles. The molecular formula is C16H19N7. The molecule has 118 valence electrons. The molecule has 1 fully saturated rings. The minimum Gasteiger partial charge on any atom is -0.357 e. The molecule has 1 aliphatic heterocycles. The molecule has 2 aliphatic rings. The quantitative estimate of drug-likeness (QED) is 0.786. The van der Waals surface area contributed by atoms with Gasteiger partial charge in [-0.05, 0) is 32.8 Å². The molecule has 1 saturated carbocycles. The molecule has 1 atom stereocenters. The molecule has 0 radical (unpaired) electrons. The number of H-pyrrole nitrogens is 1. The maximum Gasteiger partial charge on any atom is 0.157 e. The van der Waals surface area contributed by atoms with Crippen molar-refractivity contribution in [3.63, 3.8) is 0 Å². The second-order valence-electron chi connectivity index (χ2n) is 6.68. The standard InChI is InChI=1S/C16H19N7/c1-9-7-22(8-13-20-21-15(23(9)13)11-3-4-11)16-14-12(5-6-17-14)18-10(2)19-16/h5-6,9,11,17H,3-4,7-8H2,1-2H3/t9-/m0/s1. The molecule has 4 heterocycles. The fourth-order valence-corrected chi connectivity index (χ4v) is 3.61. The Morgan fingerprint density at radius 3 is 2.91 bits per heavy atom. The first-order valence-corrected chi connectivity index (χ1v) is 8.21. The van der Waals surface area contributed by atoms with Crippen molar-refractivity contribution in [2.24, 2.45) is 0 Å². The van der Waals surface area contributed by atoms with Gasteiger partial charge in [-0.1, -0.05) is 0 Å². The van der Waals surface area contributed by atoms with E-state index in [1.54, 1.807) is 0 Å². The Kier molecular flexibility index (Phi) is 2.57. The summed E-state index contributed by atoms with van der Waals surface area (Å²) < 4.78 is 2.34. The molecule has 7 heteroatoms. The van der Waals surface area contributed by atoms with Gasteiger partial charge in [-0.25, -0.2) is 9.97 Å². The molecule has 0 amide bonds. The van der Waals surface area contributed by atoms with Crippen LogP contribution in [0, 0.1) is 6.92 Å². The lowest BCUT2D eigenvalue weighted by atomic mass is 10.2. The second-order valence-corrected chi connectivity index (χ2v) is 6.68. The number of hydrogen-bond acceptors (Lipinski definition) is 5. The average molecular weight is 309 g/mol. The van der Waals surface area contributed by atoms with Crippen LogP contribution in [0.25, 0.3) is 11.0 Å². The Labute approximate surface area is 133 Å². The smallest absolute Gasteiger partial charge is 0.157 e. The fraction of sp³-hybridized carbons (Fsp3) is 0.500. The molecule has 23 heavy (non-hydrogen) atoms. The summed E-state index contributed by atoms with van der Waals surface area (Å²) in [5.74, 6) is 4.61. The molecule has 1 N–H and O–H groups in total. The van der Waals surface area contributed by atoms with Crippen LogP contribution >= 0.6 is 0 Å². The van der Waals surface area contributed by atoms with Crippen LogP contribution in [0.2, 0.25) is 0 Å². The Morgan fingerprint density at radius 1 is 1.22 bits per heavy atom. The zero-order valence-electron chi connectivity index (χ0n) is 13.3. The van der Waals surface area contributed by atoms with E-state index in [4.69, 9.17) is 0 Å². The predicted octanol–water partition coefficient (Wildman–Crippen LogP) is 2.32. The van der Waals surface area contributed by atoms with Crippen LogP contribution in [0.4, 0.5) is 5.82 Å². The summed E-state index contributed by atoms with van der Waals surface area (Å²) in [7, 11) is 0. The molecule has 0 saturated heterocycles. The number of nitrogens with zero attached hydrogens (tertiary/aromatic N) is 6. The highest BCUT2D eigenvalue weighted by atomic mass is 15.4. The lowest BCUT2D eigenvalue weighted by Crippen LogP contribution is -2.37. The van der Waals surface area contributed by atoms with E-state index < -0.39 is 0 Å². The summed E-state index contributed by atoms with van der Waals surface area (Å²) in [5, 5.41) is 8.91. The number of anilines is 1. The molecule has 0 bridgehead atoms. The molecule has 0 unspecified atom stereocenters. The number of hydrogen-bond donors (Lipinski definition) is 1. The topological polar surface area (TPSA) is 75.5 Å². The van der Waals surface area contributed by atoms with Crippen molar-refractivity contribution in [1.82, 2.24) is 29.7 Å². The van der Waals surface area contributed by atoms with Crippen LogP contribution in [0.3, 0.4) is 0 Å². The first kappa shape index (κ1) is 13.0. The number of nitrogens with one attached hydrogen (secondary N) is 1. The third-order valence-corrected chi connectivity index (χ3v) is 4.79. The monoisotopic (exact) mass is 309 g/mol. The van der Waals surface area contributed by atoms with E-state index in [1.807, 2.05) is 19.2 Å². The third-order valence-electron chi connectivity index (χ3n) is 4.79. The zero-order chi connectivity index (χ0) is 15.6. The van der Waals surface area contributed by atoms with Crippen LogP contribution in [0.1, 0.15) is 49.2 Å². The van der Waals surface area contributed by atoms with Crippen LogP contribution in [-0.2, 0) is 6.54 Å². The number of aryl methyl sites for hydroxylation is 1. The van der Waals surface area contributed by atoms with Gasteiger partial charge >= 0.3 is 0 Å². The minimum atomic E-state index is 0.352. The molecule has 3 aromatic rings. The Hall–Kier alpha value is -2.44. The number of aromatic amines is 1. The first-order valence-electron chi connectivity index (χ1n) is 8.21. The van der Waals surface area contributed by atoms with E-state index in [9.17, 15) is 0 Å². The first-order chi connectivity index (χ1) is 11.2. The normalized spacial score (nSPS) is 21.0. The molecule has 0 aromatic carbocycles. The maximum atomic E-state index is 4.68. The lowest BCUT2D eigenvalue weighted by molar-refractivity contribution is 0.448. The summed E-state index contributed by atoms with van der Waals surface area (Å²) >= 11 is 0.